The lowest BCUT2D eigenvalue weighted by Crippen LogP contribution is -2.21. The lowest BCUT2D eigenvalue weighted by molar-refractivity contribution is 0.0827. The molecule has 0 spiro atoms. The summed E-state index contributed by atoms with van der Waals surface area (Å²) in [4.78, 5) is 13.3. The summed E-state index contributed by atoms with van der Waals surface area (Å²) in [5.41, 5.74) is 2.08. The van der Waals surface area contributed by atoms with Crippen LogP contribution in [0.1, 0.15) is 27.6 Å². The molecule has 1 N–H and O–H groups in total. The van der Waals surface area contributed by atoms with Crippen molar-refractivity contribution in [2.75, 3.05) is 21.2 Å². The maximum Gasteiger partial charge on any atom is 0.253 e. The number of benzene rings is 2. The third-order valence-corrected chi connectivity index (χ3v) is 3.29. The predicted molar refractivity (Wildman–Crippen MR) is 81.5 cm³/mol. The van der Waals surface area contributed by atoms with Crippen LogP contribution in [0.4, 0.5) is 0 Å². The van der Waals surface area contributed by atoms with Crippen molar-refractivity contribution in [3.8, 4) is 5.75 Å². The molecular formula is C17H19NO3. The van der Waals surface area contributed by atoms with Crippen LogP contribution in [-0.2, 0) is 0 Å². The van der Waals surface area contributed by atoms with E-state index in [4.69, 9.17) is 4.74 Å². The number of nitrogens with zero attached hydrogens (tertiary/aromatic N) is 1. The molecule has 0 aliphatic carbocycles. The van der Waals surface area contributed by atoms with Gasteiger partial charge in [-0.3, -0.25) is 4.79 Å². The second-order valence-electron chi connectivity index (χ2n) is 5.00. The Morgan fingerprint density at radius 2 is 1.76 bits per heavy atom. The number of aliphatic hydroxyl groups excluding tert-OH is 1. The number of rotatable bonds is 4. The van der Waals surface area contributed by atoms with Gasteiger partial charge in [0.2, 0.25) is 0 Å². The molecule has 1 unspecified atom stereocenters. The van der Waals surface area contributed by atoms with Gasteiger partial charge in [0.25, 0.3) is 5.91 Å². The van der Waals surface area contributed by atoms with Crippen molar-refractivity contribution in [1.82, 2.24) is 4.90 Å². The minimum atomic E-state index is -0.747. The normalized spacial score (nSPS) is 11.8. The van der Waals surface area contributed by atoms with Crippen LogP contribution in [0.2, 0.25) is 0 Å². The Morgan fingerprint density at radius 1 is 1.10 bits per heavy atom. The third-order valence-electron chi connectivity index (χ3n) is 3.29. The number of amides is 1. The van der Waals surface area contributed by atoms with Crippen LogP contribution in [0.3, 0.4) is 0 Å². The number of methoxy groups -OCH3 is 1. The van der Waals surface area contributed by atoms with Gasteiger partial charge in [-0.2, -0.15) is 0 Å². The highest BCUT2D eigenvalue weighted by Gasteiger charge is 2.13. The highest BCUT2D eigenvalue weighted by atomic mass is 16.5. The first kappa shape index (κ1) is 15.1. The topological polar surface area (TPSA) is 49.8 Å². The lowest BCUT2D eigenvalue weighted by Gasteiger charge is -2.14. The molecule has 21 heavy (non-hydrogen) atoms. The van der Waals surface area contributed by atoms with Gasteiger partial charge in [-0.15, -0.1) is 0 Å². The fourth-order valence-electron chi connectivity index (χ4n) is 2.07. The van der Waals surface area contributed by atoms with Crippen LogP contribution >= 0.6 is 0 Å². The van der Waals surface area contributed by atoms with Crippen molar-refractivity contribution < 1.29 is 14.6 Å². The third kappa shape index (κ3) is 3.41. The first-order valence-electron chi connectivity index (χ1n) is 6.66. The van der Waals surface area contributed by atoms with E-state index in [1.807, 2.05) is 18.2 Å². The highest BCUT2D eigenvalue weighted by molar-refractivity contribution is 5.93. The number of carbonyl (C=O) groups is 1. The maximum atomic E-state index is 11.8. The monoisotopic (exact) mass is 285 g/mol. The Hall–Kier alpha value is -2.33. The standard InChI is InChI=1S/C17H19NO3/c1-18(2)17(20)13-9-7-12(8-10-13)16(19)14-5-4-6-15(11-14)21-3/h4-11,16,19H,1-3H3. The molecule has 0 aliphatic rings. The Balaban J connectivity index is 2.23. The summed E-state index contributed by atoms with van der Waals surface area (Å²) >= 11 is 0. The van der Waals surface area contributed by atoms with Crippen LogP contribution < -0.4 is 4.74 Å². The Bertz CT molecular complexity index is 620. The fourth-order valence-corrected chi connectivity index (χ4v) is 2.07. The van der Waals surface area contributed by atoms with Crippen molar-refractivity contribution in [2.24, 2.45) is 0 Å². The van der Waals surface area contributed by atoms with Crippen LogP contribution in [0.5, 0.6) is 5.75 Å². The van der Waals surface area contributed by atoms with Gasteiger partial charge >= 0.3 is 0 Å². The Morgan fingerprint density at radius 3 is 2.33 bits per heavy atom. The zero-order chi connectivity index (χ0) is 15.4. The van der Waals surface area contributed by atoms with Gasteiger partial charge in [0.05, 0.1) is 7.11 Å². The molecule has 1 amide bonds. The minimum absolute atomic E-state index is 0.0579. The molecule has 1 atom stereocenters. The second-order valence-corrected chi connectivity index (χ2v) is 5.00. The molecular weight excluding hydrogens is 266 g/mol. The lowest BCUT2D eigenvalue weighted by atomic mass is 10.00. The van der Waals surface area contributed by atoms with E-state index in [9.17, 15) is 9.90 Å². The number of ether oxygens (including phenoxy) is 1. The first-order chi connectivity index (χ1) is 10.0. The summed E-state index contributed by atoms with van der Waals surface area (Å²) in [5.74, 6) is 0.642. The van der Waals surface area contributed by atoms with Crippen molar-refractivity contribution in [3.63, 3.8) is 0 Å². The quantitative estimate of drug-likeness (QED) is 0.939. The molecule has 0 fully saturated rings. The molecule has 0 saturated carbocycles. The van der Waals surface area contributed by atoms with Crippen LogP contribution in [-0.4, -0.2) is 37.1 Å². The SMILES string of the molecule is COc1cccc(C(O)c2ccc(C(=O)N(C)C)cc2)c1. The summed E-state index contributed by atoms with van der Waals surface area (Å²) in [6.45, 7) is 0. The van der Waals surface area contributed by atoms with Crippen molar-refractivity contribution in [3.05, 3.63) is 65.2 Å². The summed E-state index contributed by atoms with van der Waals surface area (Å²) in [6.07, 6.45) is -0.747. The molecule has 0 aromatic heterocycles. The van der Waals surface area contributed by atoms with E-state index in [1.165, 1.54) is 4.90 Å². The summed E-state index contributed by atoms with van der Waals surface area (Å²) < 4.78 is 5.16. The van der Waals surface area contributed by atoms with E-state index < -0.39 is 6.10 Å². The summed E-state index contributed by atoms with van der Waals surface area (Å²) in [5, 5.41) is 10.4. The van der Waals surface area contributed by atoms with Gasteiger partial charge in [-0.25, -0.2) is 0 Å². The van der Waals surface area contributed by atoms with Gasteiger partial charge in [0.1, 0.15) is 11.9 Å². The van der Waals surface area contributed by atoms with Gasteiger partial charge in [-0.05, 0) is 35.4 Å². The molecule has 2 aromatic rings. The number of carbonyl (C=O) groups excluding carboxylic acids is 1. The van der Waals surface area contributed by atoms with Gasteiger partial charge in [-0.1, -0.05) is 24.3 Å². The molecule has 0 radical (unpaired) electrons. The van der Waals surface area contributed by atoms with E-state index in [2.05, 4.69) is 0 Å². The molecule has 2 rings (SSSR count). The minimum Gasteiger partial charge on any atom is -0.497 e. The average molecular weight is 285 g/mol. The van der Waals surface area contributed by atoms with E-state index in [0.717, 1.165) is 11.1 Å². The molecule has 4 nitrogen and oxygen atoms in total. The first-order valence-corrected chi connectivity index (χ1v) is 6.66. The van der Waals surface area contributed by atoms with Gasteiger partial charge < -0.3 is 14.7 Å². The number of hydrogen-bond donors (Lipinski definition) is 1. The van der Waals surface area contributed by atoms with Crippen molar-refractivity contribution in [1.29, 1.82) is 0 Å². The molecule has 0 heterocycles. The predicted octanol–water partition coefficient (Wildman–Crippen LogP) is 2.48. The van der Waals surface area contributed by atoms with Crippen LogP contribution in [0.25, 0.3) is 0 Å². The maximum absolute atomic E-state index is 11.8. The van der Waals surface area contributed by atoms with Crippen molar-refractivity contribution in [2.45, 2.75) is 6.10 Å². The largest absolute Gasteiger partial charge is 0.497 e. The van der Waals surface area contributed by atoms with E-state index >= 15 is 0 Å². The molecule has 110 valence electrons. The molecule has 0 aliphatic heterocycles. The zero-order valence-electron chi connectivity index (χ0n) is 12.4. The molecule has 0 saturated heterocycles. The second kappa shape index (κ2) is 6.41. The summed E-state index contributed by atoms with van der Waals surface area (Å²) in [7, 11) is 5.01. The number of hydrogen-bond acceptors (Lipinski definition) is 3. The Kier molecular flexibility index (Phi) is 4.60. The van der Waals surface area contributed by atoms with Gasteiger partial charge in [0.15, 0.2) is 0 Å². The molecule has 4 heteroatoms. The molecule has 0 bridgehead atoms. The average Bonchev–Trinajstić information content (AvgIpc) is 2.53. The van der Waals surface area contributed by atoms with E-state index in [1.54, 1.807) is 51.5 Å². The van der Waals surface area contributed by atoms with E-state index in [0.29, 0.717) is 11.3 Å². The van der Waals surface area contributed by atoms with Crippen molar-refractivity contribution >= 4 is 5.91 Å². The Labute approximate surface area is 124 Å². The highest BCUT2D eigenvalue weighted by Crippen LogP contribution is 2.25. The van der Waals surface area contributed by atoms with Crippen LogP contribution in [0.15, 0.2) is 48.5 Å². The number of aliphatic hydroxyl groups is 1. The zero-order valence-corrected chi connectivity index (χ0v) is 12.4. The smallest absolute Gasteiger partial charge is 0.253 e. The molecule has 2 aromatic carbocycles. The van der Waals surface area contributed by atoms with Crippen LogP contribution in [0, 0.1) is 0 Å². The van der Waals surface area contributed by atoms with E-state index in [-0.39, 0.29) is 5.91 Å². The summed E-state index contributed by atoms with van der Waals surface area (Å²) in [6, 6.07) is 14.3. The fraction of sp³-hybridized carbons (Fsp3) is 0.235. The van der Waals surface area contributed by atoms with Gasteiger partial charge in [0, 0.05) is 19.7 Å².